The summed E-state index contributed by atoms with van der Waals surface area (Å²) in [4.78, 5) is 0. The SMILES string of the molecule is Cc1cc(C(C)(C)C)ccc1OCC(O)CNCC(C)C. The van der Waals surface area contributed by atoms with Crippen LogP contribution < -0.4 is 10.1 Å². The molecule has 0 saturated carbocycles. The molecule has 0 fully saturated rings. The third kappa shape index (κ3) is 6.49. The fraction of sp³-hybridized carbons (Fsp3) is 0.667. The maximum absolute atomic E-state index is 9.91. The summed E-state index contributed by atoms with van der Waals surface area (Å²) in [5, 5.41) is 13.1. The summed E-state index contributed by atoms with van der Waals surface area (Å²) in [5.41, 5.74) is 2.56. The monoisotopic (exact) mass is 293 g/mol. The zero-order chi connectivity index (χ0) is 16.0. The van der Waals surface area contributed by atoms with Crippen LogP contribution in [0.3, 0.4) is 0 Å². The lowest BCUT2D eigenvalue weighted by Crippen LogP contribution is -2.33. The Bertz CT molecular complexity index is 435. The number of nitrogens with one attached hydrogen (secondary N) is 1. The second-order valence-electron chi connectivity index (χ2n) is 7.25. The van der Waals surface area contributed by atoms with Crippen LogP contribution in [-0.4, -0.2) is 30.9 Å². The number of aliphatic hydroxyl groups excluding tert-OH is 1. The Kier molecular flexibility index (Phi) is 6.69. The third-order valence-corrected chi connectivity index (χ3v) is 3.40. The highest BCUT2D eigenvalue weighted by atomic mass is 16.5. The van der Waals surface area contributed by atoms with Crippen molar-refractivity contribution in [1.29, 1.82) is 0 Å². The summed E-state index contributed by atoms with van der Waals surface area (Å²) in [6, 6.07) is 6.27. The molecular weight excluding hydrogens is 262 g/mol. The van der Waals surface area contributed by atoms with E-state index >= 15 is 0 Å². The van der Waals surface area contributed by atoms with E-state index in [2.05, 4.69) is 52.1 Å². The standard InChI is InChI=1S/C18H31NO2/c1-13(2)10-19-11-16(20)12-21-17-8-7-15(9-14(17)3)18(4,5)6/h7-9,13,16,19-20H,10-12H2,1-6H3. The fourth-order valence-corrected chi connectivity index (χ4v) is 2.06. The highest BCUT2D eigenvalue weighted by molar-refractivity contribution is 5.38. The van der Waals surface area contributed by atoms with Crippen LogP contribution in [0, 0.1) is 12.8 Å². The molecule has 0 aliphatic carbocycles. The van der Waals surface area contributed by atoms with Crippen molar-refractivity contribution in [1.82, 2.24) is 5.32 Å². The molecule has 21 heavy (non-hydrogen) atoms. The first-order valence-electron chi connectivity index (χ1n) is 7.83. The first kappa shape index (κ1) is 18.0. The molecule has 0 aromatic heterocycles. The van der Waals surface area contributed by atoms with Crippen LogP contribution in [0.4, 0.5) is 0 Å². The lowest BCUT2D eigenvalue weighted by molar-refractivity contribution is 0.105. The molecule has 0 saturated heterocycles. The van der Waals surface area contributed by atoms with Crippen LogP contribution in [0.25, 0.3) is 0 Å². The van der Waals surface area contributed by atoms with E-state index < -0.39 is 6.10 Å². The molecule has 1 atom stereocenters. The van der Waals surface area contributed by atoms with Crippen molar-refractivity contribution in [3.8, 4) is 5.75 Å². The first-order chi connectivity index (χ1) is 9.70. The van der Waals surface area contributed by atoms with Gasteiger partial charge in [0.15, 0.2) is 0 Å². The highest BCUT2D eigenvalue weighted by Crippen LogP contribution is 2.27. The van der Waals surface area contributed by atoms with Gasteiger partial charge in [-0.2, -0.15) is 0 Å². The van der Waals surface area contributed by atoms with Crippen LogP contribution in [0.15, 0.2) is 18.2 Å². The Balaban J connectivity index is 2.49. The second-order valence-corrected chi connectivity index (χ2v) is 7.25. The van der Waals surface area contributed by atoms with Gasteiger partial charge in [0.2, 0.25) is 0 Å². The Morgan fingerprint density at radius 2 is 1.86 bits per heavy atom. The number of hydrogen-bond acceptors (Lipinski definition) is 3. The quantitative estimate of drug-likeness (QED) is 0.810. The topological polar surface area (TPSA) is 41.5 Å². The van der Waals surface area contributed by atoms with Crippen LogP contribution in [-0.2, 0) is 5.41 Å². The predicted octanol–water partition coefficient (Wildman–Crippen LogP) is 3.28. The molecule has 0 radical (unpaired) electrons. The summed E-state index contributed by atoms with van der Waals surface area (Å²) in [6.45, 7) is 14.7. The van der Waals surface area contributed by atoms with Gasteiger partial charge < -0.3 is 15.2 Å². The number of benzene rings is 1. The van der Waals surface area contributed by atoms with Crippen LogP contribution in [0.2, 0.25) is 0 Å². The molecule has 1 aromatic carbocycles. The Morgan fingerprint density at radius 1 is 1.19 bits per heavy atom. The molecule has 3 heteroatoms. The molecule has 0 spiro atoms. The third-order valence-electron chi connectivity index (χ3n) is 3.40. The first-order valence-corrected chi connectivity index (χ1v) is 7.83. The normalized spacial score (nSPS) is 13.5. The lowest BCUT2D eigenvalue weighted by atomic mass is 9.86. The molecule has 0 heterocycles. The summed E-state index contributed by atoms with van der Waals surface area (Å²) < 4.78 is 5.73. The van der Waals surface area contributed by atoms with Crippen LogP contribution in [0.1, 0.15) is 45.7 Å². The molecule has 120 valence electrons. The zero-order valence-electron chi connectivity index (χ0n) is 14.4. The molecule has 1 aromatic rings. The van der Waals surface area contributed by atoms with E-state index in [-0.39, 0.29) is 5.41 Å². The van der Waals surface area contributed by atoms with Gasteiger partial charge >= 0.3 is 0 Å². The van der Waals surface area contributed by atoms with E-state index in [9.17, 15) is 5.11 Å². The number of aliphatic hydroxyl groups is 1. The largest absolute Gasteiger partial charge is 0.491 e. The van der Waals surface area contributed by atoms with Crippen molar-refractivity contribution in [2.24, 2.45) is 5.92 Å². The lowest BCUT2D eigenvalue weighted by Gasteiger charge is -2.21. The van der Waals surface area contributed by atoms with Crippen molar-refractivity contribution in [2.45, 2.75) is 53.1 Å². The molecule has 3 nitrogen and oxygen atoms in total. The van der Waals surface area contributed by atoms with Gasteiger partial charge in [-0.05, 0) is 42.0 Å². The Labute approximate surface area is 129 Å². The average Bonchev–Trinajstić information content (AvgIpc) is 2.35. The van der Waals surface area contributed by atoms with Gasteiger partial charge in [0, 0.05) is 6.54 Å². The molecule has 2 N–H and O–H groups in total. The number of rotatable bonds is 7. The van der Waals surface area contributed by atoms with Crippen LogP contribution in [0.5, 0.6) is 5.75 Å². The smallest absolute Gasteiger partial charge is 0.122 e. The molecule has 0 aliphatic rings. The number of hydrogen-bond donors (Lipinski definition) is 2. The second kappa shape index (κ2) is 7.81. The van der Waals surface area contributed by atoms with Gasteiger partial charge in [0.1, 0.15) is 18.5 Å². The van der Waals surface area contributed by atoms with Gasteiger partial charge in [0.05, 0.1) is 0 Å². The van der Waals surface area contributed by atoms with Gasteiger partial charge in [-0.1, -0.05) is 46.8 Å². The summed E-state index contributed by atoms with van der Waals surface area (Å²) in [6.07, 6.45) is -0.481. The molecule has 0 amide bonds. The fourth-order valence-electron chi connectivity index (χ4n) is 2.06. The van der Waals surface area contributed by atoms with E-state index in [1.54, 1.807) is 0 Å². The average molecular weight is 293 g/mol. The van der Waals surface area contributed by atoms with Gasteiger partial charge in [-0.15, -0.1) is 0 Å². The number of aryl methyl sites for hydroxylation is 1. The highest BCUT2D eigenvalue weighted by Gasteiger charge is 2.15. The predicted molar refractivity (Wildman–Crippen MR) is 89.1 cm³/mol. The van der Waals surface area contributed by atoms with Crippen molar-refractivity contribution in [3.63, 3.8) is 0 Å². The number of ether oxygens (including phenoxy) is 1. The maximum Gasteiger partial charge on any atom is 0.122 e. The summed E-state index contributed by atoms with van der Waals surface area (Å²) in [5.74, 6) is 1.44. The van der Waals surface area contributed by atoms with E-state index in [0.29, 0.717) is 19.1 Å². The molecule has 1 unspecified atom stereocenters. The van der Waals surface area contributed by atoms with Crippen molar-refractivity contribution < 1.29 is 9.84 Å². The zero-order valence-corrected chi connectivity index (χ0v) is 14.4. The van der Waals surface area contributed by atoms with Crippen molar-refractivity contribution >= 4 is 0 Å². The Hall–Kier alpha value is -1.06. The molecule has 1 rings (SSSR count). The Morgan fingerprint density at radius 3 is 2.38 bits per heavy atom. The van der Waals surface area contributed by atoms with E-state index in [1.807, 2.05) is 13.0 Å². The summed E-state index contributed by atoms with van der Waals surface area (Å²) >= 11 is 0. The van der Waals surface area contributed by atoms with Gasteiger partial charge in [-0.25, -0.2) is 0 Å². The molecule has 0 aliphatic heterocycles. The minimum absolute atomic E-state index is 0.142. The van der Waals surface area contributed by atoms with E-state index in [0.717, 1.165) is 17.9 Å². The van der Waals surface area contributed by atoms with Crippen molar-refractivity contribution in [2.75, 3.05) is 19.7 Å². The minimum Gasteiger partial charge on any atom is -0.491 e. The van der Waals surface area contributed by atoms with Crippen molar-refractivity contribution in [3.05, 3.63) is 29.3 Å². The van der Waals surface area contributed by atoms with Gasteiger partial charge in [0.25, 0.3) is 0 Å². The van der Waals surface area contributed by atoms with Gasteiger partial charge in [-0.3, -0.25) is 0 Å². The van der Waals surface area contributed by atoms with E-state index in [1.165, 1.54) is 5.56 Å². The molecular formula is C18H31NO2. The van der Waals surface area contributed by atoms with Crippen LogP contribution >= 0.6 is 0 Å². The minimum atomic E-state index is -0.481. The molecule has 0 bridgehead atoms. The van der Waals surface area contributed by atoms with E-state index in [4.69, 9.17) is 4.74 Å². The maximum atomic E-state index is 9.91. The summed E-state index contributed by atoms with van der Waals surface area (Å²) in [7, 11) is 0.